The molecule has 1 rings (SSSR count). The Morgan fingerprint density at radius 2 is 2.15 bits per heavy atom. The van der Waals surface area contributed by atoms with E-state index in [1.807, 2.05) is 45.2 Å². The Hall–Kier alpha value is -0.860. The van der Waals surface area contributed by atoms with Gasteiger partial charge in [-0.15, -0.1) is 0 Å². The zero-order valence-electron chi connectivity index (χ0n) is 8.46. The van der Waals surface area contributed by atoms with Crippen molar-refractivity contribution in [3.05, 3.63) is 35.4 Å². The summed E-state index contributed by atoms with van der Waals surface area (Å²) in [4.78, 5) is 0. The summed E-state index contributed by atoms with van der Waals surface area (Å²) in [6, 6.07) is 7.95. The van der Waals surface area contributed by atoms with Crippen molar-refractivity contribution >= 4 is 0 Å². The quantitative estimate of drug-likeness (QED) is 0.735. The molecular weight excluding hydrogens is 162 g/mol. The molecule has 1 unspecified atom stereocenters. The lowest BCUT2D eigenvalue weighted by Gasteiger charge is -2.23. The molecule has 1 aromatic carbocycles. The predicted octanol–water partition coefficient (Wildman–Crippen LogP) is 1.42. The summed E-state index contributed by atoms with van der Waals surface area (Å²) in [5, 5.41) is 13.0. The number of aliphatic hydroxyl groups is 1. The van der Waals surface area contributed by atoms with Crippen molar-refractivity contribution in [2.75, 3.05) is 13.6 Å². The number of rotatable bonds is 3. The molecule has 0 heterocycles. The van der Waals surface area contributed by atoms with Crippen molar-refractivity contribution in [1.29, 1.82) is 0 Å². The molecular formula is C11H17NO. The molecule has 1 aromatic rings. The summed E-state index contributed by atoms with van der Waals surface area (Å²) in [6.07, 6.45) is 0. The van der Waals surface area contributed by atoms with Crippen molar-refractivity contribution < 1.29 is 5.11 Å². The van der Waals surface area contributed by atoms with Gasteiger partial charge < -0.3 is 10.4 Å². The molecule has 2 heteroatoms. The second-order valence-electron chi connectivity index (χ2n) is 3.67. The molecule has 2 nitrogen and oxygen atoms in total. The minimum Gasteiger partial charge on any atom is -0.384 e. The average Bonchev–Trinajstić information content (AvgIpc) is 2.04. The summed E-state index contributed by atoms with van der Waals surface area (Å²) in [7, 11) is 1.84. The number of hydrogen-bond acceptors (Lipinski definition) is 2. The van der Waals surface area contributed by atoms with E-state index in [2.05, 4.69) is 5.32 Å². The topological polar surface area (TPSA) is 32.3 Å². The van der Waals surface area contributed by atoms with E-state index < -0.39 is 5.60 Å². The second-order valence-corrected chi connectivity index (χ2v) is 3.67. The van der Waals surface area contributed by atoms with Crippen molar-refractivity contribution in [3.63, 3.8) is 0 Å². The summed E-state index contributed by atoms with van der Waals surface area (Å²) in [6.45, 7) is 4.41. The van der Waals surface area contributed by atoms with Crippen molar-refractivity contribution in [3.8, 4) is 0 Å². The van der Waals surface area contributed by atoms with Crippen molar-refractivity contribution in [2.45, 2.75) is 19.4 Å². The molecule has 0 aliphatic carbocycles. The zero-order chi connectivity index (χ0) is 9.90. The van der Waals surface area contributed by atoms with Gasteiger partial charge in [0.05, 0.1) is 5.60 Å². The Labute approximate surface area is 79.6 Å². The van der Waals surface area contributed by atoms with E-state index in [4.69, 9.17) is 0 Å². The number of aryl methyl sites for hydroxylation is 1. The molecule has 2 N–H and O–H groups in total. The molecule has 0 amide bonds. The maximum absolute atomic E-state index is 10.0. The van der Waals surface area contributed by atoms with Gasteiger partial charge >= 0.3 is 0 Å². The fourth-order valence-corrected chi connectivity index (χ4v) is 1.43. The minimum atomic E-state index is -0.777. The standard InChI is InChI=1S/C11H17NO/c1-9-5-4-6-10(7-9)11(2,13)8-12-3/h4-7,12-13H,8H2,1-3H3. The highest BCUT2D eigenvalue weighted by Crippen LogP contribution is 2.20. The van der Waals surface area contributed by atoms with Crippen LogP contribution in [0.15, 0.2) is 24.3 Å². The van der Waals surface area contributed by atoms with Crippen LogP contribution in [0.3, 0.4) is 0 Å². The van der Waals surface area contributed by atoms with Crippen LogP contribution >= 0.6 is 0 Å². The number of likely N-dealkylation sites (N-methyl/N-ethyl adjacent to an activating group) is 1. The van der Waals surface area contributed by atoms with Gasteiger partial charge in [-0.2, -0.15) is 0 Å². The van der Waals surface area contributed by atoms with Crippen molar-refractivity contribution in [1.82, 2.24) is 5.32 Å². The highest BCUT2D eigenvalue weighted by Gasteiger charge is 2.21. The van der Waals surface area contributed by atoms with Gasteiger partial charge in [0.2, 0.25) is 0 Å². The molecule has 72 valence electrons. The molecule has 1 atom stereocenters. The Morgan fingerprint density at radius 3 is 2.69 bits per heavy atom. The molecule has 0 saturated carbocycles. The van der Waals surface area contributed by atoms with E-state index in [9.17, 15) is 5.11 Å². The van der Waals surface area contributed by atoms with Gasteiger partial charge in [-0.3, -0.25) is 0 Å². The van der Waals surface area contributed by atoms with Gasteiger partial charge in [0.1, 0.15) is 0 Å². The molecule has 13 heavy (non-hydrogen) atoms. The van der Waals surface area contributed by atoms with Gasteiger partial charge in [0.15, 0.2) is 0 Å². The van der Waals surface area contributed by atoms with E-state index in [1.165, 1.54) is 5.56 Å². The zero-order valence-corrected chi connectivity index (χ0v) is 8.46. The fourth-order valence-electron chi connectivity index (χ4n) is 1.43. The van der Waals surface area contributed by atoms with Crippen LogP contribution in [0, 0.1) is 6.92 Å². The van der Waals surface area contributed by atoms with Crippen LogP contribution in [-0.4, -0.2) is 18.7 Å². The Morgan fingerprint density at radius 1 is 1.46 bits per heavy atom. The second kappa shape index (κ2) is 3.90. The van der Waals surface area contributed by atoms with E-state index in [0.717, 1.165) is 5.56 Å². The van der Waals surface area contributed by atoms with Crippen LogP contribution in [0.25, 0.3) is 0 Å². The first-order valence-electron chi connectivity index (χ1n) is 4.50. The predicted molar refractivity (Wildman–Crippen MR) is 54.7 cm³/mol. The smallest absolute Gasteiger partial charge is 0.0992 e. The van der Waals surface area contributed by atoms with Gasteiger partial charge in [0, 0.05) is 6.54 Å². The van der Waals surface area contributed by atoms with Crippen LogP contribution in [0.1, 0.15) is 18.1 Å². The largest absolute Gasteiger partial charge is 0.384 e. The Bertz CT molecular complexity index is 281. The van der Waals surface area contributed by atoms with Crippen LogP contribution < -0.4 is 5.32 Å². The van der Waals surface area contributed by atoms with E-state index in [1.54, 1.807) is 0 Å². The number of nitrogens with one attached hydrogen (secondary N) is 1. The lowest BCUT2D eigenvalue weighted by atomic mass is 9.95. The van der Waals surface area contributed by atoms with Crippen LogP contribution in [0.2, 0.25) is 0 Å². The molecule has 0 bridgehead atoms. The van der Waals surface area contributed by atoms with Crippen LogP contribution in [0.5, 0.6) is 0 Å². The highest BCUT2D eigenvalue weighted by molar-refractivity contribution is 5.27. The average molecular weight is 179 g/mol. The maximum Gasteiger partial charge on any atom is 0.0992 e. The maximum atomic E-state index is 10.0. The Kier molecular flexibility index (Phi) is 3.07. The van der Waals surface area contributed by atoms with Crippen LogP contribution in [0.4, 0.5) is 0 Å². The lowest BCUT2D eigenvalue weighted by Crippen LogP contribution is -2.33. The molecule has 0 spiro atoms. The van der Waals surface area contributed by atoms with Crippen LogP contribution in [-0.2, 0) is 5.60 Å². The molecule has 0 aliphatic heterocycles. The Balaban J connectivity index is 2.93. The van der Waals surface area contributed by atoms with Gasteiger partial charge in [-0.05, 0) is 26.5 Å². The van der Waals surface area contributed by atoms with E-state index in [0.29, 0.717) is 6.54 Å². The number of hydrogen-bond donors (Lipinski definition) is 2. The molecule has 0 radical (unpaired) electrons. The first kappa shape index (κ1) is 10.2. The highest BCUT2D eigenvalue weighted by atomic mass is 16.3. The summed E-state index contributed by atoms with van der Waals surface area (Å²) in [5.41, 5.74) is 1.36. The molecule has 0 aliphatic rings. The SMILES string of the molecule is CNCC(C)(O)c1cccc(C)c1. The third-order valence-electron chi connectivity index (χ3n) is 2.16. The lowest BCUT2D eigenvalue weighted by molar-refractivity contribution is 0.0591. The monoisotopic (exact) mass is 179 g/mol. The van der Waals surface area contributed by atoms with Gasteiger partial charge in [-0.25, -0.2) is 0 Å². The normalized spacial score (nSPS) is 15.4. The first-order chi connectivity index (χ1) is 6.06. The van der Waals surface area contributed by atoms with E-state index >= 15 is 0 Å². The number of benzene rings is 1. The molecule has 0 fully saturated rings. The fraction of sp³-hybridized carbons (Fsp3) is 0.455. The third-order valence-corrected chi connectivity index (χ3v) is 2.16. The van der Waals surface area contributed by atoms with Gasteiger partial charge in [-0.1, -0.05) is 29.8 Å². The molecule has 0 aromatic heterocycles. The first-order valence-corrected chi connectivity index (χ1v) is 4.50. The minimum absolute atomic E-state index is 0.566. The van der Waals surface area contributed by atoms with Gasteiger partial charge in [0.25, 0.3) is 0 Å². The third kappa shape index (κ3) is 2.54. The summed E-state index contributed by atoms with van der Waals surface area (Å²) >= 11 is 0. The summed E-state index contributed by atoms with van der Waals surface area (Å²) < 4.78 is 0. The van der Waals surface area contributed by atoms with Crippen molar-refractivity contribution in [2.24, 2.45) is 0 Å². The summed E-state index contributed by atoms with van der Waals surface area (Å²) in [5.74, 6) is 0. The van der Waals surface area contributed by atoms with E-state index in [-0.39, 0.29) is 0 Å². The molecule has 0 saturated heterocycles.